The summed E-state index contributed by atoms with van der Waals surface area (Å²) in [4.78, 5) is 24.0. The van der Waals surface area contributed by atoms with Gasteiger partial charge in [0.05, 0.1) is 19.8 Å². The predicted octanol–water partition coefficient (Wildman–Crippen LogP) is 2.53. The van der Waals surface area contributed by atoms with Crippen LogP contribution >= 0.6 is 23.4 Å². The highest BCUT2D eigenvalue weighted by Gasteiger charge is 2.47. The average Bonchev–Trinajstić information content (AvgIpc) is 3.00. The Labute approximate surface area is 179 Å². The van der Waals surface area contributed by atoms with Crippen LogP contribution in [-0.4, -0.2) is 65.8 Å². The number of carbonyl (C=O) groups excluding carboxylic acids is 1. The summed E-state index contributed by atoms with van der Waals surface area (Å²) < 4.78 is 10.9. The standard InChI is InChI=1S/C20H25ClN4O3S/c1-12-17(22)20(11-28-12)6-9-25(10-7-20)15-4-3-14(18(26)24-15)29-13-5-8-23-19(27-2)16(13)21/h3-5,8,12,14,17H,6-7,9-11,22H2,1-2H3/t12-,14?,17+/m0/s1. The molecule has 2 saturated heterocycles. The molecule has 2 N–H and O–H groups in total. The number of pyridine rings is 1. The van der Waals surface area contributed by atoms with Gasteiger partial charge in [0.25, 0.3) is 5.91 Å². The van der Waals surface area contributed by atoms with Gasteiger partial charge in [0.1, 0.15) is 16.1 Å². The monoisotopic (exact) mass is 436 g/mol. The minimum Gasteiger partial charge on any atom is -0.480 e. The molecule has 3 atom stereocenters. The van der Waals surface area contributed by atoms with E-state index in [9.17, 15) is 4.79 Å². The van der Waals surface area contributed by atoms with Crippen LogP contribution in [0.2, 0.25) is 5.02 Å². The van der Waals surface area contributed by atoms with Gasteiger partial charge in [0, 0.05) is 35.6 Å². The van der Waals surface area contributed by atoms with E-state index in [1.165, 1.54) is 18.9 Å². The van der Waals surface area contributed by atoms with Crippen molar-refractivity contribution in [1.82, 2.24) is 9.88 Å². The van der Waals surface area contributed by atoms with Crippen LogP contribution in [0.4, 0.5) is 0 Å². The Morgan fingerprint density at radius 3 is 2.79 bits per heavy atom. The first-order valence-corrected chi connectivity index (χ1v) is 11.0. The molecule has 1 unspecified atom stereocenters. The van der Waals surface area contributed by atoms with Crippen molar-refractivity contribution in [3.63, 3.8) is 0 Å². The summed E-state index contributed by atoms with van der Waals surface area (Å²) in [6.07, 6.45) is 7.42. The zero-order chi connectivity index (χ0) is 20.6. The Kier molecular flexibility index (Phi) is 5.88. The number of hydrogen-bond donors (Lipinski definition) is 1. The molecular formula is C20H25ClN4O3S. The first kappa shape index (κ1) is 20.7. The lowest BCUT2D eigenvalue weighted by atomic mass is 9.73. The minimum absolute atomic E-state index is 0.0500. The summed E-state index contributed by atoms with van der Waals surface area (Å²) >= 11 is 7.65. The summed E-state index contributed by atoms with van der Waals surface area (Å²) in [5.41, 5.74) is 6.44. The molecule has 2 fully saturated rings. The van der Waals surface area contributed by atoms with Gasteiger partial charge in [-0.05, 0) is 31.9 Å². The lowest BCUT2D eigenvalue weighted by Crippen LogP contribution is -2.51. The molecular weight excluding hydrogens is 412 g/mol. The minimum atomic E-state index is -0.419. The van der Waals surface area contributed by atoms with Crippen LogP contribution in [0.25, 0.3) is 0 Å². The third-order valence-corrected chi connectivity index (χ3v) is 7.77. The van der Waals surface area contributed by atoms with Gasteiger partial charge in [-0.15, -0.1) is 11.8 Å². The maximum atomic E-state index is 12.6. The highest BCUT2D eigenvalue weighted by atomic mass is 35.5. The van der Waals surface area contributed by atoms with Crippen LogP contribution in [0, 0.1) is 5.41 Å². The number of amidine groups is 1. The number of nitrogens with zero attached hydrogens (tertiary/aromatic N) is 3. The molecule has 4 heterocycles. The number of aromatic nitrogens is 1. The molecule has 3 aliphatic rings. The Balaban J connectivity index is 1.39. The van der Waals surface area contributed by atoms with Gasteiger partial charge in [-0.3, -0.25) is 4.79 Å². The number of rotatable bonds is 3. The lowest BCUT2D eigenvalue weighted by molar-refractivity contribution is -0.116. The molecule has 0 aliphatic carbocycles. The molecule has 4 rings (SSSR count). The molecule has 1 spiro atoms. The third kappa shape index (κ3) is 3.91. The smallest absolute Gasteiger partial charge is 0.264 e. The van der Waals surface area contributed by atoms with Gasteiger partial charge < -0.3 is 20.1 Å². The zero-order valence-electron chi connectivity index (χ0n) is 16.5. The van der Waals surface area contributed by atoms with E-state index in [1.807, 2.05) is 19.1 Å². The normalized spacial score (nSPS) is 28.7. The van der Waals surface area contributed by atoms with E-state index in [-0.39, 0.29) is 23.5 Å². The SMILES string of the molecule is COc1nccc(SC2C=CC(N3CCC4(CC3)CO[C@@H](C)[C@H]4N)=NC2=O)c1Cl. The van der Waals surface area contributed by atoms with Gasteiger partial charge in [0.15, 0.2) is 0 Å². The van der Waals surface area contributed by atoms with Crippen molar-refractivity contribution in [1.29, 1.82) is 0 Å². The number of aliphatic imine (C=N–C) groups is 1. The first-order valence-electron chi connectivity index (χ1n) is 9.71. The number of halogens is 1. The van der Waals surface area contributed by atoms with Crippen molar-refractivity contribution in [3.05, 3.63) is 29.4 Å². The number of dihydropyridines is 1. The van der Waals surface area contributed by atoms with E-state index in [0.717, 1.165) is 43.3 Å². The summed E-state index contributed by atoms with van der Waals surface area (Å²) in [6.45, 7) is 4.41. The van der Waals surface area contributed by atoms with Crippen molar-refractivity contribution in [2.45, 2.75) is 42.1 Å². The van der Waals surface area contributed by atoms with Crippen molar-refractivity contribution >= 4 is 35.1 Å². The second-order valence-electron chi connectivity index (χ2n) is 7.73. The molecule has 1 aromatic rings. The number of hydrogen-bond acceptors (Lipinski definition) is 7. The van der Waals surface area contributed by atoms with Gasteiger partial charge in [0.2, 0.25) is 5.88 Å². The lowest BCUT2D eigenvalue weighted by Gasteiger charge is -2.42. The molecule has 1 aromatic heterocycles. The fraction of sp³-hybridized carbons (Fsp3) is 0.550. The Morgan fingerprint density at radius 1 is 1.41 bits per heavy atom. The molecule has 156 valence electrons. The van der Waals surface area contributed by atoms with E-state index in [2.05, 4.69) is 14.9 Å². The number of nitrogens with two attached hydrogens (primary N) is 1. The maximum absolute atomic E-state index is 12.6. The molecule has 0 radical (unpaired) electrons. The van der Waals surface area contributed by atoms with Gasteiger partial charge in [-0.2, -0.15) is 4.99 Å². The van der Waals surface area contributed by atoms with Crippen molar-refractivity contribution in [2.75, 3.05) is 26.8 Å². The number of ether oxygens (including phenoxy) is 2. The largest absolute Gasteiger partial charge is 0.480 e. The van der Waals surface area contributed by atoms with E-state index in [4.69, 9.17) is 26.8 Å². The van der Waals surface area contributed by atoms with Crippen LogP contribution in [0.3, 0.4) is 0 Å². The quantitative estimate of drug-likeness (QED) is 0.778. The van der Waals surface area contributed by atoms with Crippen LogP contribution in [0.1, 0.15) is 19.8 Å². The molecule has 29 heavy (non-hydrogen) atoms. The number of carbonyl (C=O) groups is 1. The van der Waals surface area contributed by atoms with Gasteiger partial charge in [-0.25, -0.2) is 4.98 Å². The average molecular weight is 437 g/mol. The van der Waals surface area contributed by atoms with Crippen molar-refractivity contribution in [2.24, 2.45) is 16.1 Å². The van der Waals surface area contributed by atoms with E-state index in [0.29, 0.717) is 10.9 Å². The molecule has 9 heteroatoms. The molecule has 3 aliphatic heterocycles. The van der Waals surface area contributed by atoms with Crippen LogP contribution < -0.4 is 10.5 Å². The molecule has 7 nitrogen and oxygen atoms in total. The zero-order valence-corrected chi connectivity index (χ0v) is 18.1. The van der Waals surface area contributed by atoms with Crippen LogP contribution in [-0.2, 0) is 9.53 Å². The van der Waals surface area contributed by atoms with E-state index >= 15 is 0 Å². The predicted molar refractivity (Wildman–Crippen MR) is 114 cm³/mol. The number of likely N-dealkylation sites (tertiary alicyclic amines) is 1. The number of thioether (sulfide) groups is 1. The number of amides is 1. The highest BCUT2D eigenvalue weighted by Crippen LogP contribution is 2.41. The summed E-state index contributed by atoms with van der Waals surface area (Å²) in [7, 11) is 1.51. The maximum Gasteiger partial charge on any atom is 0.264 e. The number of methoxy groups -OCH3 is 1. The second-order valence-corrected chi connectivity index (χ2v) is 9.29. The summed E-state index contributed by atoms with van der Waals surface area (Å²) in [6, 6.07) is 1.84. The fourth-order valence-corrected chi connectivity index (χ4v) is 5.40. The van der Waals surface area contributed by atoms with Gasteiger partial charge >= 0.3 is 0 Å². The molecule has 1 amide bonds. The van der Waals surface area contributed by atoms with E-state index < -0.39 is 5.25 Å². The highest BCUT2D eigenvalue weighted by molar-refractivity contribution is 8.01. The van der Waals surface area contributed by atoms with Crippen LogP contribution in [0.15, 0.2) is 34.3 Å². The van der Waals surface area contributed by atoms with Crippen LogP contribution in [0.5, 0.6) is 5.88 Å². The Morgan fingerprint density at radius 2 is 2.17 bits per heavy atom. The Hall–Kier alpha value is -1.61. The fourth-order valence-electron chi connectivity index (χ4n) is 4.17. The number of piperidine rings is 1. The van der Waals surface area contributed by atoms with Gasteiger partial charge in [-0.1, -0.05) is 17.7 Å². The topological polar surface area (TPSA) is 90.0 Å². The summed E-state index contributed by atoms with van der Waals surface area (Å²) in [5.74, 6) is 0.883. The second kappa shape index (κ2) is 8.26. The third-order valence-electron chi connectivity index (χ3n) is 6.09. The molecule has 0 saturated carbocycles. The summed E-state index contributed by atoms with van der Waals surface area (Å²) in [5, 5.41) is -0.0151. The van der Waals surface area contributed by atoms with E-state index in [1.54, 1.807) is 12.3 Å². The first-order chi connectivity index (χ1) is 13.9. The van der Waals surface area contributed by atoms with Crippen molar-refractivity contribution in [3.8, 4) is 5.88 Å². The Bertz CT molecular complexity index is 854. The van der Waals surface area contributed by atoms with Crippen molar-refractivity contribution < 1.29 is 14.3 Å². The molecule has 0 aromatic carbocycles. The molecule has 0 bridgehead atoms.